The van der Waals surface area contributed by atoms with Crippen LogP contribution < -0.4 is 5.32 Å². The molecule has 25 heavy (non-hydrogen) atoms. The highest BCUT2D eigenvalue weighted by atomic mass is 32.1. The highest BCUT2D eigenvalue weighted by molar-refractivity contribution is 7.22. The molecule has 3 heterocycles. The molecule has 4 rings (SSSR count). The minimum absolute atomic E-state index is 0.179. The second kappa shape index (κ2) is 6.34. The third kappa shape index (κ3) is 3.04. The number of pyridine rings is 1. The summed E-state index contributed by atoms with van der Waals surface area (Å²) in [5.74, 6) is -0.179. The van der Waals surface area contributed by atoms with Crippen molar-refractivity contribution in [3.05, 3.63) is 58.9 Å². The molecule has 0 bridgehead atoms. The topological polar surface area (TPSA) is 67.8 Å². The Morgan fingerprint density at radius 3 is 2.72 bits per heavy atom. The summed E-state index contributed by atoms with van der Waals surface area (Å²) in [4.78, 5) is 26.4. The van der Waals surface area contributed by atoms with Crippen molar-refractivity contribution in [3.63, 3.8) is 0 Å². The van der Waals surface area contributed by atoms with Gasteiger partial charge in [-0.3, -0.25) is 15.1 Å². The van der Waals surface area contributed by atoms with E-state index in [1.165, 1.54) is 22.7 Å². The summed E-state index contributed by atoms with van der Waals surface area (Å²) < 4.78 is 1.06. The molecule has 3 aromatic heterocycles. The van der Waals surface area contributed by atoms with Gasteiger partial charge in [0.2, 0.25) is 0 Å². The second-order valence-electron chi connectivity index (χ2n) is 5.57. The maximum atomic E-state index is 12.7. The van der Waals surface area contributed by atoms with Gasteiger partial charge < -0.3 is 0 Å². The quantitative estimate of drug-likeness (QED) is 0.571. The van der Waals surface area contributed by atoms with Gasteiger partial charge in [0, 0.05) is 18.0 Å². The molecule has 1 amide bonds. The maximum Gasteiger partial charge on any atom is 0.269 e. The van der Waals surface area contributed by atoms with Crippen molar-refractivity contribution in [1.29, 1.82) is 0 Å². The van der Waals surface area contributed by atoms with Gasteiger partial charge in [0.15, 0.2) is 5.13 Å². The van der Waals surface area contributed by atoms with Gasteiger partial charge in [-0.25, -0.2) is 9.97 Å². The lowest BCUT2D eigenvalue weighted by Crippen LogP contribution is -2.11. The van der Waals surface area contributed by atoms with Crippen molar-refractivity contribution in [2.45, 2.75) is 13.8 Å². The molecule has 1 N–H and O–H groups in total. The molecule has 0 saturated heterocycles. The highest BCUT2D eigenvalue weighted by Crippen LogP contribution is 2.30. The predicted molar refractivity (Wildman–Crippen MR) is 102 cm³/mol. The maximum absolute atomic E-state index is 12.7. The van der Waals surface area contributed by atoms with E-state index in [2.05, 4.69) is 20.3 Å². The lowest BCUT2D eigenvalue weighted by molar-refractivity contribution is 0.103. The first-order valence-corrected chi connectivity index (χ1v) is 9.30. The van der Waals surface area contributed by atoms with E-state index in [0.717, 1.165) is 26.4 Å². The Morgan fingerprint density at radius 2 is 1.96 bits per heavy atom. The van der Waals surface area contributed by atoms with Crippen LogP contribution in [0.15, 0.2) is 42.7 Å². The number of carbonyl (C=O) groups excluding carboxylic acids is 1. The first kappa shape index (κ1) is 15.9. The largest absolute Gasteiger partial charge is 0.297 e. The van der Waals surface area contributed by atoms with Crippen LogP contribution in [0.4, 0.5) is 5.13 Å². The number of aryl methyl sites for hydroxylation is 2. The number of thiazole rings is 2. The standard InChI is InChI=1S/C18H14N4OS2/c1-10-5-3-7-13-14(10)21-18(24-13)22-16(23)15-11(2)20-17(25-15)12-6-4-8-19-9-12/h3-9H,1-2H3,(H,21,22,23). The Hall–Kier alpha value is -2.64. The molecule has 0 aliphatic heterocycles. The summed E-state index contributed by atoms with van der Waals surface area (Å²) in [7, 11) is 0. The summed E-state index contributed by atoms with van der Waals surface area (Å²) >= 11 is 2.84. The van der Waals surface area contributed by atoms with Gasteiger partial charge in [0.05, 0.1) is 15.9 Å². The molecule has 0 spiro atoms. The van der Waals surface area contributed by atoms with Crippen LogP contribution in [-0.2, 0) is 0 Å². The van der Waals surface area contributed by atoms with Crippen molar-refractivity contribution in [1.82, 2.24) is 15.0 Å². The molecule has 4 aromatic rings. The molecule has 0 atom stereocenters. The zero-order valence-corrected chi connectivity index (χ0v) is 15.2. The summed E-state index contributed by atoms with van der Waals surface area (Å²) in [6, 6.07) is 9.81. The lowest BCUT2D eigenvalue weighted by Gasteiger charge is -1.98. The average Bonchev–Trinajstić information content (AvgIpc) is 3.20. The molecular formula is C18H14N4OS2. The van der Waals surface area contributed by atoms with Crippen LogP contribution in [0.5, 0.6) is 0 Å². The summed E-state index contributed by atoms with van der Waals surface area (Å²) in [6.07, 6.45) is 3.46. The van der Waals surface area contributed by atoms with Gasteiger partial charge in [0.25, 0.3) is 5.91 Å². The van der Waals surface area contributed by atoms with Crippen molar-refractivity contribution in [3.8, 4) is 10.6 Å². The van der Waals surface area contributed by atoms with Gasteiger partial charge in [0.1, 0.15) is 9.88 Å². The molecule has 0 fully saturated rings. The van der Waals surface area contributed by atoms with Crippen LogP contribution in [0.2, 0.25) is 0 Å². The van der Waals surface area contributed by atoms with Crippen molar-refractivity contribution in [2.75, 3.05) is 5.32 Å². The molecular weight excluding hydrogens is 352 g/mol. The zero-order valence-electron chi connectivity index (χ0n) is 13.6. The van der Waals surface area contributed by atoms with E-state index in [1.54, 1.807) is 12.4 Å². The minimum atomic E-state index is -0.179. The van der Waals surface area contributed by atoms with Crippen LogP contribution in [0.1, 0.15) is 20.9 Å². The Morgan fingerprint density at radius 1 is 1.08 bits per heavy atom. The Kier molecular flexibility index (Phi) is 4.03. The fraction of sp³-hybridized carbons (Fsp3) is 0.111. The smallest absolute Gasteiger partial charge is 0.269 e. The predicted octanol–water partition coefficient (Wildman–Crippen LogP) is 4.68. The van der Waals surface area contributed by atoms with Crippen LogP contribution >= 0.6 is 22.7 Å². The molecule has 1 aromatic carbocycles. The second-order valence-corrected chi connectivity index (χ2v) is 7.60. The molecule has 0 saturated carbocycles. The number of nitrogens with one attached hydrogen (secondary N) is 1. The summed E-state index contributed by atoms with van der Waals surface area (Å²) in [5.41, 5.74) is 3.64. The van der Waals surface area contributed by atoms with Crippen LogP contribution in [0.3, 0.4) is 0 Å². The third-order valence-corrected chi connectivity index (χ3v) is 5.89. The van der Waals surface area contributed by atoms with E-state index in [4.69, 9.17) is 0 Å². The first-order valence-electron chi connectivity index (χ1n) is 7.67. The molecule has 7 heteroatoms. The number of hydrogen-bond acceptors (Lipinski definition) is 6. The molecule has 0 unspecified atom stereocenters. The number of aromatic nitrogens is 3. The zero-order chi connectivity index (χ0) is 17.4. The van der Waals surface area contributed by atoms with Crippen LogP contribution in [0, 0.1) is 13.8 Å². The van der Waals surface area contributed by atoms with E-state index in [9.17, 15) is 4.79 Å². The van der Waals surface area contributed by atoms with Gasteiger partial charge >= 0.3 is 0 Å². The molecule has 0 radical (unpaired) electrons. The molecule has 0 aliphatic rings. The highest BCUT2D eigenvalue weighted by Gasteiger charge is 2.18. The van der Waals surface area contributed by atoms with Crippen LogP contribution in [-0.4, -0.2) is 20.9 Å². The molecule has 124 valence electrons. The van der Waals surface area contributed by atoms with E-state index < -0.39 is 0 Å². The van der Waals surface area contributed by atoms with E-state index >= 15 is 0 Å². The summed E-state index contributed by atoms with van der Waals surface area (Å²) in [5, 5.41) is 4.29. The number of para-hydroxylation sites is 1. The van der Waals surface area contributed by atoms with Gasteiger partial charge in [-0.05, 0) is 37.6 Å². The number of amides is 1. The lowest BCUT2D eigenvalue weighted by atomic mass is 10.2. The Bertz CT molecular complexity index is 1070. The number of benzene rings is 1. The average molecular weight is 366 g/mol. The fourth-order valence-corrected chi connectivity index (χ4v) is 4.40. The van der Waals surface area contributed by atoms with E-state index in [0.29, 0.717) is 15.7 Å². The van der Waals surface area contributed by atoms with Crippen molar-refractivity contribution >= 4 is 43.9 Å². The Labute approximate surface area is 152 Å². The van der Waals surface area contributed by atoms with E-state index in [-0.39, 0.29) is 5.91 Å². The van der Waals surface area contributed by atoms with Gasteiger partial charge in [-0.1, -0.05) is 23.5 Å². The number of hydrogen-bond donors (Lipinski definition) is 1. The number of anilines is 1. The first-order chi connectivity index (χ1) is 12.1. The fourth-order valence-electron chi connectivity index (χ4n) is 2.51. The van der Waals surface area contributed by atoms with Gasteiger partial charge in [-0.2, -0.15) is 0 Å². The van der Waals surface area contributed by atoms with Crippen LogP contribution in [0.25, 0.3) is 20.8 Å². The number of nitrogens with zero attached hydrogens (tertiary/aromatic N) is 3. The normalized spacial score (nSPS) is 11.0. The number of carbonyl (C=O) groups is 1. The van der Waals surface area contributed by atoms with Crippen molar-refractivity contribution in [2.24, 2.45) is 0 Å². The number of rotatable bonds is 3. The number of fused-ring (bicyclic) bond motifs is 1. The van der Waals surface area contributed by atoms with Gasteiger partial charge in [-0.15, -0.1) is 11.3 Å². The van der Waals surface area contributed by atoms with Crippen molar-refractivity contribution < 1.29 is 4.79 Å². The molecule has 5 nitrogen and oxygen atoms in total. The monoisotopic (exact) mass is 366 g/mol. The third-order valence-electron chi connectivity index (χ3n) is 3.75. The molecule has 0 aliphatic carbocycles. The SMILES string of the molecule is Cc1nc(-c2cccnc2)sc1C(=O)Nc1nc2c(C)cccc2s1. The minimum Gasteiger partial charge on any atom is -0.297 e. The van der Waals surface area contributed by atoms with E-state index in [1.807, 2.05) is 44.2 Å². The Balaban J connectivity index is 1.62. The summed E-state index contributed by atoms with van der Waals surface area (Å²) in [6.45, 7) is 3.86.